The standard InChI is InChI=1S/C14H13N5O/c1-3-10-5-13(20)18(8-10)14-11(6-15)7-16-12-4-9(2)17-19(12)14/h3-4,7,10H,1,5,8H2,2H3. The van der Waals surface area contributed by atoms with Crippen LogP contribution in [-0.2, 0) is 4.79 Å². The molecule has 0 saturated carbocycles. The zero-order valence-corrected chi connectivity index (χ0v) is 11.1. The molecule has 1 atom stereocenters. The normalized spacial score (nSPS) is 18.5. The lowest BCUT2D eigenvalue weighted by Gasteiger charge is -2.18. The Balaban J connectivity index is 2.21. The molecule has 0 aromatic carbocycles. The maximum atomic E-state index is 12.2. The molecule has 1 aliphatic rings. The molecule has 6 heteroatoms. The summed E-state index contributed by atoms with van der Waals surface area (Å²) in [5, 5.41) is 13.6. The SMILES string of the molecule is C=CC1CC(=O)N(c2c(C#N)cnc3cc(C)nn23)C1. The van der Waals surface area contributed by atoms with Gasteiger partial charge in [0, 0.05) is 24.9 Å². The van der Waals surface area contributed by atoms with E-state index < -0.39 is 0 Å². The number of nitrogens with zero attached hydrogens (tertiary/aromatic N) is 5. The van der Waals surface area contributed by atoms with Crippen LogP contribution in [0.3, 0.4) is 0 Å². The number of rotatable bonds is 2. The first-order chi connectivity index (χ1) is 9.63. The number of aryl methyl sites for hydroxylation is 1. The van der Waals surface area contributed by atoms with Gasteiger partial charge in [-0.15, -0.1) is 6.58 Å². The maximum Gasteiger partial charge on any atom is 0.228 e. The van der Waals surface area contributed by atoms with Crippen molar-refractivity contribution >= 4 is 17.4 Å². The molecule has 1 aliphatic heterocycles. The van der Waals surface area contributed by atoms with Gasteiger partial charge in [-0.1, -0.05) is 6.08 Å². The predicted octanol–water partition coefficient (Wildman–Crippen LogP) is 1.45. The van der Waals surface area contributed by atoms with Gasteiger partial charge in [-0.2, -0.15) is 14.9 Å². The number of hydrogen-bond acceptors (Lipinski definition) is 4. The molecule has 0 aliphatic carbocycles. The van der Waals surface area contributed by atoms with Gasteiger partial charge in [0.05, 0.1) is 11.9 Å². The summed E-state index contributed by atoms with van der Waals surface area (Å²) in [6.45, 7) is 6.11. The Morgan fingerprint density at radius 2 is 2.40 bits per heavy atom. The molecule has 0 spiro atoms. The maximum absolute atomic E-state index is 12.2. The smallest absolute Gasteiger partial charge is 0.228 e. The highest BCUT2D eigenvalue weighted by Crippen LogP contribution is 2.28. The van der Waals surface area contributed by atoms with E-state index in [1.807, 2.05) is 13.0 Å². The predicted molar refractivity (Wildman–Crippen MR) is 73.1 cm³/mol. The second kappa shape index (κ2) is 4.46. The highest BCUT2D eigenvalue weighted by Gasteiger charge is 2.32. The van der Waals surface area contributed by atoms with Crippen molar-refractivity contribution in [2.45, 2.75) is 13.3 Å². The third-order valence-electron chi connectivity index (χ3n) is 3.44. The lowest BCUT2D eigenvalue weighted by Crippen LogP contribution is -2.28. The van der Waals surface area contributed by atoms with Crippen molar-refractivity contribution in [2.24, 2.45) is 5.92 Å². The monoisotopic (exact) mass is 267 g/mol. The fourth-order valence-electron chi connectivity index (χ4n) is 2.47. The molecule has 0 radical (unpaired) electrons. The van der Waals surface area contributed by atoms with E-state index in [1.165, 1.54) is 6.20 Å². The Morgan fingerprint density at radius 3 is 3.05 bits per heavy atom. The summed E-state index contributed by atoms with van der Waals surface area (Å²) in [7, 11) is 0. The summed E-state index contributed by atoms with van der Waals surface area (Å²) in [5.74, 6) is 0.584. The summed E-state index contributed by atoms with van der Waals surface area (Å²) in [4.78, 5) is 18.0. The van der Waals surface area contributed by atoms with Crippen molar-refractivity contribution in [2.75, 3.05) is 11.4 Å². The molecule has 1 saturated heterocycles. The highest BCUT2D eigenvalue weighted by molar-refractivity contribution is 5.96. The van der Waals surface area contributed by atoms with Crippen LogP contribution in [0, 0.1) is 24.2 Å². The van der Waals surface area contributed by atoms with Crippen LogP contribution in [0.5, 0.6) is 0 Å². The second-order valence-electron chi connectivity index (χ2n) is 4.87. The molecule has 1 fully saturated rings. The third kappa shape index (κ3) is 1.75. The molecule has 3 heterocycles. The summed E-state index contributed by atoms with van der Waals surface area (Å²) in [6, 6.07) is 3.90. The molecular weight excluding hydrogens is 254 g/mol. The minimum atomic E-state index is -0.0212. The Hall–Kier alpha value is -2.68. The molecule has 6 nitrogen and oxygen atoms in total. The van der Waals surface area contributed by atoms with Gasteiger partial charge in [0.2, 0.25) is 5.91 Å². The van der Waals surface area contributed by atoms with Crippen LogP contribution in [0.15, 0.2) is 24.9 Å². The Morgan fingerprint density at radius 1 is 1.60 bits per heavy atom. The van der Waals surface area contributed by atoms with E-state index in [4.69, 9.17) is 0 Å². The van der Waals surface area contributed by atoms with Crippen LogP contribution < -0.4 is 4.90 Å². The first-order valence-electron chi connectivity index (χ1n) is 6.32. The van der Waals surface area contributed by atoms with E-state index in [1.54, 1.807) is 15.5 Å². The van der Waals surface area contributed by atoms with Crippen molar-refractivity contribution in [1.82, 2.24) is 14.6 Å². The van der Waals surface area contributed by atoms with E-state index in [2.05, 4.69) is 22.7 Å². The summed E-state index contributed by atoms with van der Waals surface area (Å²) < 4.78 is 1.57. The lowest BCUT2D eigenvalue weighted by atomic mass is 10.1. The zero-order chi connectivity index (χ0) is 14.3. The molecule has 1 unspecified atom stereocenters. The quantitative estimate of drug-likeness (QED) is 0.772. The summed E-state index contributed by atoms with van der Waals surface area (Å²) in [6.07, 6.45) is 3.68. The number of hydrogen-bond donors (Lipinski definition) is 0. The number of nitriles is 1. The molecule has 0 N–H and O–H groups in total. The first kappa shape index (κ1) is 12.4. The van der Waals surface area contributed by atoms with Crippen molar-refractivity contribution in [3.8, 4) is 6.07 Å². The topological polar surface area (TPSA) is 74.3 Å². The molecule has 1 amide bonds. The minimum Gasteiger partial charge on any atom is -0.295 e. The number of carbonyl (C=O) groups is 1. The number of amides is 1. The van der Waals surface area contributed by atoms with Gasteiger partial charge < -0.3 is 0 Å². The number of carbonyl (C=O) groups excluding carboxylic acids is 1. The number of anilines is 1. The molecule has 0 bridgehead atoms. The number of aromatic nitrogens is 3. The van der Waals surface area contributed by atoms with Gasteiger partial charge in [0.1, 0.15) is 11.6 Å². The van der Waals surface area contributed by atoms with Crippen LogP contribution >= 0.6 is 0 Å². The van der Waals surface area contributed by atoms with E-state index in [0.717, 1.165) is 5.69 Å². The number of fused-ring (bicyclic) bond motifs is 1. The van der Waals surface area contributed by atoms with E-state index >= 15 is 0 Å². The molecular formula is C14H13N5O. The Kier molecular flexibility index (Phi) is 2.75. The molecule has 2 aromatic heterocycles. The molecule has 3 rings (SSSR count). The van der Waals surface area contributed by atoms with Crippen LogP contribution in [0.1, 0.15) is 17.7 Å². The zero-order valence-electron chi connectivity index (χ0n) is 11.1. The van der Waals surface area contributed by atoms with Crippen LogP contribution in [-0.4, -0.2) is 27.0 Å². The van der Waals surface area contributed by atoms with Gasteiger partial charge in [-0.25, -0.2) is 4.98 Å². The minimum absolute atomic E-state index is 0.0212. The fourth-order valence-corrected chi connectivity index (χ4v) is 2.47. The van der Waals surface area contributed by atoms with Gasteiger partial charge in [-0.05, 0) is 6.92 Å². The van der Waals surface area contributed by atoms with Crippen LogP contribution in [0.4, 0.5) is 5.82 Å². The first-order valence-corrected chi connectivity index (χ1v) is 6.32. The van der Waals surface area contributed by atoms with Gasteiger partial charge in [-0.3, -0.25) is 9.69 Å². The summed E-state index contributed by atoms with van der Waals surface area (Å²) in [5.41, 5.74) is 1.77. The van der Waals surface area contributed by atoms with Crippen molar-refractivity contribution in [3.63, 3.8) is 0 Å². The largest absolute Gasteiger partial charge is 0.295 e. The molecule has 2 aromatic rings. The molecule has 20 heavy (non-hydrogen) atoms. The van der Waals surface area contributed by atoms with E-state index in [0.29, 0.717) is 30.0 Å². The van der Waals surface area contributed by atoms with Crippen molar-refractivity contribution in [1.29, 1.82) is 5.26 Å². The Labute approximate surface area is 115 Å². The van der Waals surface area contributed by atoms with Gasteiger partial charge in [0.15, 0.2) is 11.5 Å². The van der Waals surface area contributed by atoms with Gasteiger partial charge >= 0.3 is 0 Å². The van der Waals surface area contributed by atoms with Gasteiger partial charge in [0.25, 0.3) is 0 Å². The molecule has 100 valence electrons. The summed E-state index contributed by atoms with van der Waals surface area (Å²) >= 11 is 0. The average Bonchev–Trinajstić information content (AvgIpc) is 2.99. The van der Waals surface area contributed by atoms with Crippen molar-refractivity contribution in [3.05, 3.63) is 36.2 Å². The Bertz CT molecular complexity index is 755. The second-order valence-corrected chi connectivity index (χ2v) is 4.87. The van der Waals surface area contributed by atoms with E-state index in [9.17, 15) is 10.1 Å². The van der Waals surface area contributed by atoms with Crippen LogP contribution in [0.25, 0.3) is 5.65 Å². The highest BCUT2D eigenvalue weighted by atomic mass is 16.2. The fraction of sp³-hybridized carbons (Fsp3) is 0.286. The van der Waals surface area contributed by atoms with Crippen molar-refractivity contribution < 1.29 is 4.79 Å². The van der Waals surface area contributed by atoms with Crippen LogP contribution in [0.2, 0.25) is 0 Å². The van der Waals surface area contributed by atoms with E-state index in [-0.39, 0.29) is 11.8 Å². The lowest BCUT2D eigenvalue weighted by molar-refractivity contribution is -0.117. The third-order valence-corrected chi connectivity index (χ3v) is 3.44. The average molecular weight is 267 g/mol.